The van der Waals surface area contributed by atoms with Crippen molar-refractivity contribution in [1.29, 1.82) is 0 Å². The van der Waals surface area contributed by atoms with Gasteiger partial charge in [-0.2, -0.15) is 0 Å². The first kappa shape index (κ1) is 15.7. The third-order valence-corrected chi connectivity index (χ3v) is 4.05. The smallest absolute Gasteiger partial charge is 0.0410 e. The molecule has 0 saturated heterocycles. The molecule has 21 heavy (non-hydrogen) atoms. The fourth-order valence-corrected chi connectivity index (χ4v) is 2.64. The van der Waals surface area contributed by atoms with Crippen LogP contribution in [0.25, 0.3) is 0 Å². The molecule has 0 aliphatic carbocycles. The van der Waals surface area contributed by atoms with Gasteiger partial charge in [0.05, 0.1) is 0 Å². The van der Waals surface area contributed by atoms with E-state index in [1.807, 2.05) is 18.3 Å². The molecule has 1 heterocycles. The Hall–Kier alpha value is -1.67. The Labute approximate surface area is 128 Å². The van der Waals surface area contributed by atoms with E-state index in [9.17, 15) is 0 Å². The molecule has 0 saturated carbocycles. The van der Waals surface area contributed by atoms with Crippen LogP contribution < -0.4 is 5.73 Å². The van der Waals surface area contributed by atoms with Gasteiger partial charge in [-0.05, 0) is 54.1 Å². The zero-order chi connectivity index (χ0) is 15.5. The Morgan fingerprint density at radius 2 is 1.90 bits per heavy atom. The second kappa shape index (κ2) is 6.40. The molecule has 1 atom stereocenters. The third kappa shape index (κ3) is 3.92. The summed E-state index contributed by atoms with van der Waals surface area (Å²) in [7, 11) is 0. The predicted octanol–water partition coefficient (Wildman–Crippen LogP) is 3.97. The van der Waals surface area contributed by atoms with E-state index >= 15 is 0 Å². The van der Waals surface area contributed by atoms with Gasteiger partial charge in [-0.25, -0.2) is 0 Å². The molecule has 0 aliphatic rings. The quantitative estimate of drug-likeness (QED) is 0.921. The fraction of sp³-hybridized carbons (Fsp3) is 0.421. The van der Waals surface area contributed by atoms with Crippen LogP contribution >= 0.6 is 0 Å². The Morgan fingerprint density at radius 3 is 2.48 bits per heavy atom. The second-order valence-electron chi connectivity index (χ2n) is 6.78. The molecule has 0 aliphatic heterocycles. The van der Waals surface area contributed by atoms with Crippen LogP contribution in [0.1, 0.15) is 49.1 Å². The summed E-state index contributed by atoms with van der Waals surface area (Å²) in [4.78, 5) is 4.44. The highest BCUT2D eigenvalue weighted by Gasteiger charge is 2.19. The molecule has 0 radical (unpaired) electrons. The Bertz CT molecular complexity index is 582. The Kier molecular flexibility index (Phi) is 4.79. The average Bonchev–Trinajstić information content (AvgIpc) is 2.45. The van der Waals surface area contributed by atoms with Crippen LogP contribution in [0.15, 0.2) is 42.6 Å². The van der Waals surface area contributed by atoms with Crippen LogP contribution in [0.2, 0.25) is 0 Å². The first-order valence-corrected chi connectivity index (χ1v) is 7.63. The third-order valence-electron chi connectivity index (χ3n) is 4.05. The van der Waals surface area contributed by atoms with Gasteiger partial charge in [-0.15, -0.1) is 0 Å². The largest absolute Gasteiger partial charge is 0.330 e. The molecule has 1 aromatic heterocycles. The van der Waals surface area contributed by atoms with E-state index in [0.29, 0.717) is 12.5 Å². The van der Waals surface area contributed by atoms with E-state index in [1.54, 1.807) is 0 Å². The monoisotopic (exact) mass is 282 g/mol. The Morgan fingerprint density at radius 1 is 1.14 bits per heavy atom. The first-order valence-electron chi connectivity index (χ1n) is 7.63. The van der Waals surface area contributed by atoms with Crippen molar-refractivity contribution in [2.24, 2.45) is 5.73 Å². The SMILES string of the molecule is Cc1ccc(C(C)(C)C)cc1C(CN)Cc1ccccn1. The number of nitrogens with two attached hydrogens (primary N) is 1. The van der Waals surface area contributed by atoms with Gasteiger partial charge in [-0.3, -0.25) is 4.98 Å². The molecule has 2 aromatic rings. The zero-order valence-electron chi connectivity index (χ0n) is 13.6. The van der Waals surface area contributed by atoms with E-state index in [0.717, 1.165) is 12.1 Å². The molecule has 1 unspecified atom stereocenters. The number of pyridine rings is 1. The van der Waals surface area contributed by atoms with Gasteiger partial charge in [0.25, 0.3) is 0 Å². The number of hydrogen-bond acceptors (Lipinski definition) is 2. The van der Waals surface area contributed by atoms with Crippen molar-refractivity contribution in [3.63, 3.8) is 0 Å². The Balaban J connectivity index is 2.33. The number of rotatable bonds is 4. The highest BCUT2D eigenvalue weighted by atomic mass is 14.7. The minimum atomic E-state index is 0.159. The molecular formula is C19H26N2. The maximum Gasteiger partial charge on any atom is 0.0410 e. The van der Waals surface area contributed by atoms with E-state index in [4.69, 9.17) is 5.73 Å². The molecule has 2 N–H and O–H groups in total. The van der Waals surface area contributed by atoms with Crippen molar-refractivity contribution < 1.29 is 0 Å². The van der Waals surface area contributed by atoms with Gasteiger partial charge < -0.3 is 5.73 Å². The number of aryl methyl sites for hydroxylation is 1. The summed E-state index contributed by atoms with van der Waals surface area (Å²) in [6, 6.07) is 12.8. The zero-order valence-corrected chi connectivity index (χ0v) is 13.6. The standard InChI is InChI=1S/C19H26N2/c1-14-8-9-16(19(2,3)4)12-18(14)15(13-20)11-17-7-5-6-10-21-17/h5-10,12,15H,11,13,20H2,1-4H3. The minimum absolute atomic E-state index is 0.159. The topological polar surface area (TPSA) is 38.9 Å². The van der Waals surface area contributed by atoms with Crippen LogP contribution in [0.4, 0.5) is 0 Å². The number of nitrogens with zero attached hydrogens (tertiary/aromatic N) is 1. The molecule has 0 amide bonds. The highest BCUT2D eigenvalue weighted by molar-refractivity contribution is 5.37. The highest BCUT2D eigenvalue weighted by Crippen LogP contribution is 2.29. The minimum Gasteiger partial charge on any atom is -0.330 e. The number of aromatic nitrogens is 1. The van der Waals surface area contributed by atoms with Crippen molar-refractivity contribution in [3.8, 4) is 0 Å². The molecule has 2 heteroatoms. The van der Waals surface area contributed by atoms with Gasteiger partial charge in [-0.1, -0.05) is 45.0 Å². The molecule has 2 nitrogen and oxygen atoms in total. The number of hydrogen-bond donors (Lipinski definition) is 1. The van der Waals surface area contributed by atoms with Crippen LogP contribution in [-0.2, 0) is 11.8 Å². The van der Waals surface area contributed by atoms with Gasteiger partial charge in [0.1, 0.15) is 0 Å². The average molecular weight is 282 g/mol. The molecule has 0 spiro atoms. The predicted molar refractivity (Wildman–Crippen MR) is 89.6 cm³/mol. The molecule has 0 bridgehead atoms. The summed E-state index contributed by atoms with van der Waals surface area (Å²) < 4.78 is 0. The summed E-state index contributed by atoms with van der Waals surface area (Å²) in [5.41, 5.74) is 11.4. The van der Waals surface area contributed by atoms with Crippen LogP contribution in [-0.4, -0.2) is 11.5 Å². The van der Waals surface area contributed by atoms with Gasteiger partial charge in [0.15, 0.2) is 0 Å². The van der Waals surface area contributed by atoms with Crippen molar-refractivity contribution >= 4 is 0 Å². The lowest BCUT2D eigenvalue weighted by Gasteiger charge is -2.24. The van der Waals surface area contributed by atoms with Gasteiger partial charge >= 0.3 is 0 Å². The van der Waals surface area contributed by atoms with Crippen molar-refractivity contribution in [3.05, 3.63) is 65.0 Å². The normalized spacial score (nSPS) is 13.2. The summed E-state index contributed by atoms with van der Waals surface area (Å²) in [6.07, 6.45) is 2.74. The number of benzene rings is 1. The maximum absolute atomic E-state index is 6.05. The first-order chi connectivity index (χ1) is 9.91. The summed E-state index contributed by atoms with van der Waals surface area (Å²) in [6.45, 7) is 9.56. The summed E-state index contributed by atoms with van der Waals surface area (Å²) in [5, 5.41) is 0. The van der Waals surface area contributed by atoms with E-state index < -0.39 is 0 Å². The van der Waals surface area contributed by atoms with Crippen LogP contribution in [0.3, 0.4) is 0 Å². The lowest BCUT2D eigenvalue weighted by molar-refractivity contribution is 0.585. The molecule has 0 fully saturated rings. The molecular weight excluding hydrogens is 256 g/mol. The molecule has 1 aromatic carbocycles. The lowest BCUT2D eigenvalue weighted by Crippen LogP contribution is -2.18. The van der Waals surface area contributed by atoms with E-state index in [-0.39, 0.29) is 5.41 Å². The van der Waals surface area contributed by atoms with E-state index in [2.05, 4.69) is 56.9 Å². The van der Waals surface area contributed by atoms with Crippen LogP contribution in [0.5, 0.6) is 0 Å². The fourth-order valence-electron chi connectivity index (χ4n) is 2.64. The van der Waals surface area contributed by atoms with E-state index in [1.165, 1.54) is 16.7 Å². The van der Waals surface area contributed by atoms with Crippen LogP contribution in [0, 0.1) is 6.92 Å². The molecule has 2 rings (SSSR count). The van der Waals surface area contributed by atoms with Crippen molar-refractivity contribution in [1.82, 2.24) is 4.98 Å². The lowest BCUT2D eigenvalue weighted by atomic mass is 9.82. The maximum atomic E-state index is 6.05. The van der Waals surface area contributed by atoms with Crippen molar-refractivity contribution in [2.75, 3.05) is 6.54 Å². The van der Waals surface area contributed by atoms with Gasteiger partial charge in [0.2, 0.25) is 0 Å². The van der Waals surface area contributed by atoms with Gasteiger partial charge in [0, 0.05) is 17.8 Å². The summed E-state index contributed by atoms with van der Waals surface area (Å²) in [5.74, 6) is 0.321. The summed E-state index contributed by atoms with van der Waals surface area (Å²) >= 11 is 0. The molecule has 112 valence electrons. The van der Waals surface area contributed by atoms with Crippen molar-refractivity contribution in [2.45, 2.75) is 45.4 Å². The second-order valence-corrected chi connectivity index (χ2v) is 6.78.